The molecule has 158 valence electrons. The summed E-state index contributed by atoms with van der Waals surface area (Å²) < 4.78 is 0. The molecule has 1 fully saturated rings. The number of hydrogen-bond acceptors (Lipinski definition) is 6. The Morgan fingerprint density at radius 1 is 0.741 bits per heavy atom. The minimum atomic E-state index is -0.793. The number of carboxylic acids is 2. The van der Waals surface area contributed by atoms with Crippen molar-refractivity contribution in [1.82, 2.24) is 19.6 Å². The number of carboxylic acid groups (broad SMARTS) is 2. The van der Waals surface area contributed by atoms with Crippen molar-refractivity contribution < 1.29 is 19.8 Å². The molecular weight excluding hydrogens is 348 g/mol. The highest BCUT2D eigenvalue weighted by atomic mass is 16.4. The molecule has 1 saturated heterocycles. The van der Waals surface area contributed by atoms with Crippen LogP contribution in [0, 0.1) is 5.41 Å². The Bertz CT molecular complexity index is 435. The lowest BCUT2D eigenvalue weighted by Gasteiger charge is -2.33. The van der Waals surface area contributed by atoms with E-state index in [0.29, 0.717) is 26.2 Å². The molecule has 0 aromatic heterocycles. The molecule has 0 atom stereocenters. The molecule has 0 aromatic rings. The van der Waals surface area contributed by atoms with Gasteiger partial charge in [-0.15, -0.1) is 0 Å². The summed E-state index contributed by atoms with van der Waals surface area (Å²) in [6.45, 7) is 13.7. The molecule has 0 saturated carbocycles. The molecule has 0 aromatic carbocycles. The number of hydrogen-bond donors (Lipinski definition) is 2. The van der Waals surface area contributed by atoms with Gasteiger partial charge in [0, 0.05) is 52.4 Å². The van der Waals surface area contributed by atoms with Gasteiger partial charge in [-0.25, -0.2) is 0 Å². The third-order valence-corrected chi connectivity index (χ3v) is 4.96. The summed E-state index contributed by atoms with van der Waals surface area (Å²) in [5, 5.41) is 18.4. The first kappa shape index (κ1) is 23.8. The lowest BCUT2D eigenvalue weighted by molar-refractivity contribution is -0.139. The maximum Gasteiger partial charge on any atom is 0.317 e. The second kappa shape index (κ2) is 11.6. The van der Waals surface area contributed by atoms with Gasteiger partial charge in [0.1, 0.15) is 0 Å². The molecule has 8 heteroatoms. The lowest BCUT2D eigenvalue weighted by Crippen LogP contribution is -2.47. The fourth-order valence-electron chi connectivity index (χ4n) is 3.05. The van der Waals surface area contributed by atoms with Crippen molar-refractivity contribution in [2.45, 2.75) is 27.2 Å². The summed E-state index contributed by atoms with van der Waals surface area (Å²) in [5.74, 6) is -1.59. The topological polar surface area (TPSA) is 87.6 Å². The monoisotopic (exact) mass is 386 g/mol. The zero-order chi connectivity index (χ0) is 20.4. The van der Waals surface area contributed by atoms with Gasteiger partial charge in [0.05, 0.1) is 13.1 Å². The fourth-order valence-corrected chi connectivity index (χ4v) is 3.05. The van der Waals surface area contributed by atoms with Crippen molar-refractivity contribution in [3.63, 3.8) is 0 Å². The minimum absolute atomic E-state index is 0.0616. The van der Waals surface area contributed by atoms with E-state index in [1.807, 2.05) is 16.8 Å². The van der Waals surface area contributed by atoms with E-state index in [1.165, 1.54) is 0 Å². The van der Waals surface area contributed by atoms with Gasteiger partial charge in [0.2, 0.25) is 0 Å². The molecular formula is C19H38N4O4. The van der Waals surface area contributed by atoms with Crippen LogP contribution in [0.3, 0.4) is 0 Å². The Labute approximate surface area is 163 Å². The van der Waals surface area contributed by atoms with Crippen molar-refractivity contribution >= 4 is 11.9 Å². The lowest BCUT2D eigenvalue weighted by atomic mass is 9.92. The molecule has 0 radical (unpaired) electrons. The van der Waals surface area contributed by atoms with Crippen molar-refractivity contribution in [2.24, 2.45) is 5.41 Å². The number of rotatable bonds is 6. The number of carbonyl (C=O) groups is 2. The highest BCUT2D eigenvalue weighted by Crippen LogP contribution is 2.18. The standard InChI is InChI=1S/C19H38N4O4/c1-19(2,3)5-6-21-11-13-22(15-17(24)25)9-7-20(4)8-10-23(14-12-21)16-18(26)27/h5-16H2,1-4H3,(H,24,25)(H,26,27). The summed E-state index contributed by atoms with van der Waals surface area (Å²) >= 11 is 0. The first-order valence-corrected chi connectivity index (χ1v) is 9.84. The number of aliphatic carboxylic acids is 2. The third kappa shape index (κ3) is 12.0. The van der Waals surface area contributed by atoms with Gasteiger partial charge in [-0.1, -0.05) is 20.8 Å². The van der Waals surface area contributed by atoms with Gasteiger partial charge in [0.15, 0.2) is 0 Å². The third-order valence-electron chi connectivity index (χ3n) is 4.96. The summed E-state index contributed by atoms with van der Waals surface area (Å²) in [6.07, 6.45) is 1.05. The van der Waals surface area contributed by atoms with E-state index in [-0.39, 0.29) is 18.5 Å². The van der Waals surface area contributed by atoms with Crippen LogP contribution in [0.15, 0.2) is 0 Å². The summed E-state index contributed by atoms with van der Waals surface area (Å²) in [7, 11) is 2.00. The predicted octanol–water partition coefficient (Wildman–Crippen LogP) is 0.443. The molecule has 27 heavy (non-hydrogen) atoms. The molecule has 2 N–H and O–H groups in total. The first-order valence-electron chi connectivity index (χ1n) is 9.84. The van der Waals surface area contributed by atoms with Crippen molar-refractivity contribution in [2.75, 3.05) is 79.0 Å². The molecule has 1 rings (SSSR count). The van der Waals surface area contributed by atoms with E-state index < -0.39 is 11.9 Å². The van der Waals surface area contributed by atoms with Gasteiger partial charge in [-0.05, 0) is 25.4 Å². The summed E-state index contributed by atoms with van der Waals surface area (Å²) in [6, 6.07) is 0. The van der Waals surface area contributed by atoms with Crippen LogP contribution in [0.5, 0.6) is 0 Å². The SMILES string of the molecule is CN1CCN(CC(=O)O)CCN(CCC(C)(C)C)CCN(CC(=O)O)CC1. The largest absolute Gasteiger partial charge is 0.480 e. The van der Waals surface area contributed by atoms with E-state index in [2.05, 4.69) is 30.6 Å². The van der Waals surface area contributed by atoms with E-state index in [9.17, 15) is 19.8 Å². The highest BCUT2D eigenvalue weighted by molar-refractivity contribution is 5.69. The molecule has 0 amide bonds. The molecule has 0 unspecified atom stereocenters. The van der Waals surface area contributed by atoms with Crippen LogP contribution in [-0.4, -0.2) is 121 Å². The minimum Gasteiger partial charge on any atom is -0.480 e. The second-order valence-corrected chi connectivity index (χ2v) is 8.80. The van der Waals surface area contributed by atoms with Crippen LogP contribution in [0.25, 0.3) is 0 Å². The normalized spacial score (nSPS) is 20.7. The van der Waals surface area contributed by atoms with Crippen LogP contribution < -0.4 is 0 Å². The Hall–Kier alpha value is -1.22. The maximum absolute atomic E-state index is 11.2. The molecule has 1 aliphatic heterocycles. The van der Waals surface area contributed by atoms with Crippen LogP contribution in [0.4, 0.5) is 0 Å². The number of nitrogens with zero attached hydrogens (tertiary/aromatic N) is 4. The Balaban J connectivity index is 2.78. The summed E-state index contributed by atoms with van der Waals surface area (Å²) in [5.41, 5.74) is 0.230. The van der Waals surface area contributed by atoms with Crippen LogP contribution in [0.1, 0.15) is 27.2 Å². The van der Waals surface area contributed by atoms with Gasteiger partial charge in [0.25, 0.3) is 0 Å². The van der Waals surface area contributed by atoms with Crippen molar-refractivity contribution in [3.8, 4) is 0 Å². The zero-order valence-electron chi connectivity index (χ0n) is 17.5. The summed E-state index contributed by atoms with van der Waals surface area (Å²) in [4.78, 5) is 30.8. The maximum atomic E-state index is 11.2. The van der Waals surface area contributed by atoms with Gasteiger partial charge >= 0.3 is 11.9 Å². The Morgan fingerprint density at radius 3 is 1.48 bits per heavy atom. The zero-order valence-corrected chi connectivity index (χ0v) is 17.5. The second-order valence-electron chi connectivity index (χ2n) is 8.80. The van der Waals surface area contributed by atoms with Crippen molar-refractivity contribution in [3.05, 3.63) is 0 Å². The quantitative estimate of drug-likeness (QED) is 0.680. The molecule has 0 aliphatic carbocycles. The average Bonchev–Trinajstić information content (AvgIpc) is 2.53. The van der Waals surface area contributed by atoms with Gasteiger partial charge in [-0.2, -0.15) is 0 Å². The Morgan fingerprint density at radius 2 is 1.11 bits per heavy atom. The molecule has 1 aliphatic rings. The number of likely N-dealkylation sites (N-methyl/N-ethyl adjacent to an activating group) is 1. The van der Waals surface area contributed by atoms with Gasteiger partial charge in [-0.3, -0.25) is 19.4 Å². The van der Waals surface area contributed by atoms with E-state index in [4.69, 9.17) is 0 Å². The van der Waals surface area contributed by atoms with Gasteiger partial charge < -0.3 is 20.0 Å². The molecule has 8 nitrogen and oxygen atoms in total. The van der Waals surface area contributed by atoms with Crippen LogP contribution in [0.2, 0.25) is 0 Å². The fraction of sp³-hybridized carbons (Fsp3) is 0.895. The highest BCUT2D eigenvalue weighted by Gasteiger charge is 2.19. The molecule has 0 bridgehead atoms. The molecule has 1 heterocycles. The van der Waals surface area contributed by atoms with Crippen LogP contribution >= 0.6 is 0 Å². The average molecular weight is 387 g/mol. The van der Waals surface area contributed by atoms with Crippen molar-refractivity contribution in [1.29, 1.82) is 0 Å². The van der Waals surface area contributed by atoms with E-state index >= 15 is 0 Å². The van der Waals surface area contributed by atoms with E-state index in [0.717, 1.165) is 39.1 Å². The smallest absolute Gasteiger partial charge is 0.317 e. The predicted molar refractivity (Wildman–Crippen MR) is 106 cm³/mol. The molecule has 0 spiro atoms. The van der Waals surface area contributed by atoms with Crippen LogP contribution in [-0.2, 0) is 9.59 Å². The first-order chi connectivity index (χ1) is 12.5. The van der Waals surface area contributed by atoms with E-state index in [1.54, 1.807) is 0 Å². The Kier molecular flexibility index (Phi) is 10.2.